The molecule has 144 valence electrons. The van der Waals surface area contributed by atoms with Crippen molar-refractivity contribution < 1.29 is 9.53 Å². The zero-order valence-electron chi connectivity index (χ0n) is 16.3. The highest BCUT2D eigenvalue weighted by atomic mass is 16.5. The third-order valence-corrected chi connectivity index (χ3v) is 4.75. The molecule has 0 radical (unpaired) electrons. The van der Waals surface area contributed by atoms with Gasteiger partial charge >= 0.3 is 5.97 Å². The van der Waals surface area contributed by atoms with E-state index in [2.05, 4.69) is 40.2 Å². The SMILES string of the molecule is COC(=O)c1ccc(CN(CCc2ccccc2)CCc2ccccn2)cc1. The quantitative estimate of drug-likeness (QED) is 0.528. The van der Waals surface area contributed by atoms with Crippen LogP contribution in [-0.4, -0.2) is 36.1 Å². The molecule has 0 unspecified atom stereocenters. The second-order valence-corrected chi connectivity index (χ2v) is 6.77. The number of esters is 1. The van der Waals surface area contributed by atoms with E-state index >= 15 is 0 Å². The van der Waals surface area contributed by atoms with Gasteiger partial charge in [0.15, 0.2) is 0 Å². The molecule has 0 spiro atoms. The van der Waals surface area contributed by atoms with Crippen LogP contribution in [0.25, 0.3) is 0 Å². The number of ether oxygens (including phenoxy) is 1. The monoisotopic (exact) mass is 374 g/mol. The van der Waals surface area contributed by atoms with E-state index in [9.17, 15) is 4.79 Å². The minimum Gasteiger partial charge on any atom is -0.465 e. The minimum absolute atomic E-state index is 0.303. The van der Waals surface area contributed by atoms with Crippen molar-refractivity contribution in [2.24, 2.45) is 0 Å². The molecule has 0 fully saturated rings. The van der Waals surface area contributed by atoms with E-state index in [-0.39, 0.29) is 5.97 Å². The lowest BCUT2D eigenvalue weighted by Crippen LogP contribution is -2.28. The zero-order valence-corrected chi connectivity index (χ0v) is 16.3. The van der Waals surface area contributed by atoms with Crippen molar-refractivity contribution in [3.05, 3.63) is 101 Å². The summed E-state index contributed by atoms with van der Waals surface area (Å²) in [6.45, 7) is 2.74. The molecule has 0 aliphatic heterocycles. The molecule has 4 heteroatoms. The molecule has 0 saturated carbocycles. The first-order valence-electron chi connectivity index (χ1n) is 9.58. The van der Waals surface area contributed by atoms with Crippen molar-refractivity contribution >= 4 is 5.97 Å². The van der Waals surface area contributed by atoms with Crippen LogP contribution in [0.5, 0.6) is 0 Å². The number of methoxy groups -OCH3 is 1. The van der Waals surface area contributed by atoms with Gasteiger partial charge in [-0.15, -0.1) is 0 Å². The summed E-state index contributed by atoms with van der Waals surface area (Å²) in [4.78, 5) is 18.5. The Morgan fingerprint density at radius 2 is 1.57 bits per heavy atom. The smallest absolute Gasteiger partial charge is 0.337 e. The first-order chi connectivity index (χ1) is 13.7. The fourth-order valence-electron chi connectivity index (χ4n) is 3.14. The fourth-order valence-corrected chi connectivity index (χ4v) is 3.14. The van der Waals surface area contributed by atoms with Crippen molar-refractivity contribution in [2.75, 3.05) is 20.2 Å². The summed E-state index contributed by atoms with van der Waals surface area (Å²) >= 11 is 0. The van der Waals surface area contributed by atoms with Crippen molar-refractivity contribution in [2.45, 2.75) is 19.4 Å². The summed E-state index contributed by atoms with van der Waals surface area (Å²) in [5.41, 5.74) is 4.21. The normalized spacial score (nSPS) is 10.8. The van der Waals surface area contributed by atoms with E-state index in [0.717, 1.165) is 38.2 Å². The Labute approximate surface area is 166 Å². The number of hydrogen-bond donors (Lipinski definition) is 0. The lowest BCUT2D eigenvalue weighted by molar-refractivity contribution is 0.0600. The van der Waals surface area contributed by atoms with Crippen LogP contribution in [-0.2, 0) is 24.1 Å². The van der Waals surface area contributed by atoms with Gasteiger partial charge in [-0.05, 0) is 41.8 Å². The molecular formula is C24H26N2O2. The summed E-state index contributed by atoms with van der Waals surface area (Å²) in [6.07, 6.45) is 3.76. The molecule has 3 aromatic rings. The van der Waals surface area contributed by atoms with Gasteiger partial charge in [0, 0.05) is 37.9 Å². The molecule has 0 N–H and O–H groups in total. The van der Waals surface area contributed by atoms with Crippen LogP contribution in [0.3, 0.4) is 0 Å². The predicted octanol–water partition coefficient (Wildman–Crippen LogP) is 4.16. The van der Waals surface area contributed by atoms with E-state index in [0.29, 0.717) is 5.56 Å². The summed E-state index contributed by atoms with van der Waals surface area (Å²) in [7, 11) is 1.40. The van der Waals surface area contributed by atoms with E-state index in [1.165, 1.54) is 18.2 Å². The Morgan fingerprint density at radius 1 is 0.857 bits per heavy atom. The van der Waals surface area contributed by atoms with Crippen LogP contribution in [0.2, 0.25) is 0 Å². The number of nitrogens with zero attached hydrogens (tertiary/aromatic N) is 2. The topological polar surface area (TPSA) is 42.4 Å². The molecule has 0 atom stereocenters. The molecule has 4 nitrogen and oxygen atoms in total. The molecule has 0 aliphatic carbocycles. The van der Waals surface area contributed by atoms with Crippen LogP contribution in [0, 0.1) is 0 Å². The minimum atomic E-state index is -0.303. The lowest BCUT2D eigenvalue weighted by Gasteiger charge is -2.22. The summed E-state index contributed by atoms with van der Waals surface area (Å²) in [5.74, 6) is -0.303. The van der Waals surface area contributed by atoms with Crippen molar-refractivity contribution in [3.8, 4) is 0 Å². The summed E-state index contributed by atoms with van der Waals surface area (Å²) in [5, 5.41) is 0. The number of pyridine rings is 1. The third-order valence-electron chi connectivity index (χ3n) is 4.75. The van der Waals surface area contributed by atoms with Crippen LogP contribution in [0.4, 0.5) is 0 Å². The molecular weight excluding hydrogens is 348 g/mol. The Hall–Kier alpha value is -2.98. The second-order valence-electron chi connectivity index (χ2n) is 6.77. The molecule has 0 bridgehead atoms. The van der Waals surface area contributed by atoms with Crippen molar-refractivity contribution in [1.82, 2.24) is 9.88 Å². The van der Waals surface area contributed by atoms with Gasteiger partial charge in [0.2, 0.25) is 0 Å². The van der Waals surface area contributed by atoms with Crippen molar-refractivity contribution in [1.29, 1.82) is 0 Å². The van der Waals surface area contributed by atoms with Gasteiger partial charge in [-0.2, -0.15) is 0 Å². The van der Waals surface area contributed by atoms with Gasteiger partial charge in [-0.25, -0.2) is 4.79 Å². The number of carbonyl (C=O) groups is 1. The van der Waals surface area contributed by atoms with E-state index < -0.39 is 0 Å². The Bertz CT molecular complexity index is 805. The highest BCUT2D eigenvalue weighted by molar-refractivity contribution is 5.89. The molecule has 0 amide bonds. The van der Waals surface area contributed by atoms with Crippen molar-refractivity contribution in [3.63, 3.8) is 0 Å². The molecule has 1 aromatic heterocycles. The number of hydrogen-bond acceptors (Lipinski definition) is 4. The van der Waals surface area contributed by atoms with Gasteiger partial charge in [0.1, 0.15) is 0 Å². The highest BCUT2D eigenvalue weighted by Crippen LogP contribution is 2.11. The van der Waals surface area contributed by atoms with Crippen LogP contribution >= 0.6 is 0 Å². The Morgan fingerprint density at radius 3 is 2.25 bits per heavy atom. The molecule has 2 aromatic carbocycles. The maximum atomic E-state index is 11.6. The second kappa shape index (κ2) is 10.4. The lowest BCUT2D eigenvalue weighted by atomic mass is 10.1. The first-order valence-corrected chi connectivity index (χ1v) is 9.58. The van der Waals surface area contributed by atoms with Gasteiger partial charge in [0.25, 0.3) is 0 Å². The van der Waals surface area contributed by atoms with Crippen LogP contribution in [0.15, 0.2) is 79.0 Å². The average molecular weight is 374 g/mol. The van der Waals surface area contributed by atoms with Crippen LogP contribution < -0.4 is 0 Å². The number of benzene rings is 2. The maximum absolute atomic E-state index is 11.6. The number of rotatable bonds is 9. The predicted molar refractivity (Wildman–Crippen MR) is 111 cm³/mol. The van der Waals surface area contributed by atoms with Gasteiger partial charge in [0.05, 0.1) is 12.7 Å². The highest BCUT2D eigenvalue weighted by Gasteiger charge is 2.09. The fraction of sp³-hybridized carbons (Fsp3) is 0.250. The first kappa shape index (κ1) is 19.8. The van der Waals surface area contributed by atoms with Gasteiger partial charge < -0.3 is 4.74 Å². The average Bonchev–Trinajstić information content (AvgIpc) is 2.77. The van der Waals surface area contributed by atoms with E-state index in [1.807, 2.05) is 48.7 Å². The zero-order chi connectivity index (χ0) is 19.6. The Kier molecular flexibility index (Phi) is 7.33. The molecule has 28 heavy (non-hydrogen) atoms. The molecule has 0 saturated heterocycles. The summed E-state index contributed by atoms with van der Waals surface area (Å²) in [6, 6.07) is 24.3. The molecule has 0 aliphatic rings. The Balaban J connectivity index is 1.64. The number of aromatic nitrogens is 1. The third kappa shape index (κ3) is 6.03. The van der Waals surface area contributed by atoms with E-state index in [4.69, 9.17) is 4.74 Å². The summed E-state index contributed by atoms with van der Waals surface area (Å²) < 4.78 is 4.78. The number of carbonyl (C=O) groups excluding carboxylic acids is 1. The molecule has 3 rings (SSSR count). The van der Waals surface area contributed by atoms with Gasteiger partial charge in [-0.1, -0.05) is 48.5 Å². The van der Waals surface area contributed by atoms with E-state index in [1.54, 1.807) is 0 Å². The maximum Gasteiger partial charge on any atom is 0.337 e. The standard InChI is InChI=1S/C24H26N2O2/c1-28-24(27)22-12-10-21(11-13-22)19-26(17-14-20-7-3-2-4-8-20)18-15-23-9-5-6-16-25-23/h2-13,16H,14-15,17-19H2,1H3. The van der Waals surface area contributed by atoms with Crippen LogP contribution in [0.1, 0.15) is 27.2 Å². The molecule has 1 heterocycles. The van der Waals surface area contributed by atoms with Gasteiger partial charge in [-0.3, -0.25) is 9.88 Å². The largest absolute Gasteiger partial charge is 0.465 e.